The fourth-order valence-electron chi connectivity index (χ4n) is 1.36. The zero-order chi connectivity index (χ0) is 11.2. The van der Waals surface area contributed by atoms with Crippen LogP contribution in [0.2, 0.25) is 0 Å². The molecule has 0 radical (unpaired) electrons. The van der Waals surface area contributed by atoms with Crippen LogP contribution < -0.4 is 5.73 Å². The Kier molecular flexibility index (Phi) is 2.26. The molecule has 2 aromatic rings. The Morgan fingerprint density at radius 2 is 2.13 bits per heavy atom. The first kappa shape index (κ1) is 10.2. The second-order valence-corrected chi connectivity index (χ2v) is 4.78. The summed E-state index contributed by atoms with van der Waals surface area (Å²) in [5, 5.41) is 4.06. The summed E-state index contributed by atoms with van der Waals surface area (Å²) < 4.78 is 15.0. The molecule has 0 unspecified atom stereocenters. The van der Waals surface area contributed by atoms with Crippen molar-refractivity contribution in [1.82, 2.24) is 9.78 Å². The van der Waals surface area contributed by atoms with Crippen LogP contribution in [0.1, 0.15) is 10.4 Å². The number of nitrogens with two attached hydrogens (primary N) is 1. The number of rotatable bonds is 1. The number of aryl methyl sites for hydroxylation is 3. The van der Waals surface area contributed by atoms with E-state index in [-0.39, 0.29) is 5.82 Å². The number of aromatic nitrogens is 2. The van der Waals surface area contributed by atoms with E-state index in [1.54, 1.807) is 7.05 Å². The van der Waals surface area contributed by atoms with Gasteiger partial charge in [0.1, 0.15) is 5.69 Å². The Morgan fingerprint density at radius 3 is 2.53 bits per heavy atom. The Labute approximate surface area is 91.3 Å². The number of hydrogen-bond acceptors (Lipinski definition) is 3. The first-order valence-corrected chi connectivity index (χ1v) is 5.37. The molecule has 0 bridgehead atoms. The third-order valence-electron chi connectivity index (χ3n) is 2.43. The van der Waals surface area contributed by atoms with E-state index in [0.29, 0.717) is 5.69 Å². The van der Waals surface area contributed by atoms with Gasteiger partial charge in [-0.3, -0.25) is 0 Å². The molecule has 3 nitrogen and oxygen atoms in total. The normalized spacial score (nSPS) is 10.9. The molecule has 0 fully saturated rings. The van der Waals surface area contributed by atoms with Crippen molar-refractivity contribution in [1.29, 1.82) is 0 Å². The van der Waals surface area contributed by atoms with E-state index in [4.69, 9.17) is 5.73 Å². The highest BCUT2D eigenvalue weighted by Gasteiger charge is 2.17. The van der Waals surface area contributed by atoms with Crippen LogP contribution in [0.15, 0.2) is 6.07 Å². The van der Waals surface area contributed by atoms with Crippen molar-refractivity contribution in [3.05, 3.63) is 22.3 Å². The van der Waals surface area contributed by atoms with E-state index in [2.05, 4.69) is 5.10 Å². The van der Waals surface area contributed by atoms with Crippen molar-refractivity contribution in [2.24, 2.45) is 7.05 Å². The average Bonchev–Trinajstić information content (AvgIpc) is 2.63. The molecule has 0 spiro atoms. The van der Waals surface area contributed by atoms with E-state index in [1.807, 2.05) is 19.9 Å². The third kappa shape index (κ3) is 1.52. The minimum absolute atomic E-state index is 0.0775. The van der Waals surface area contributed by atoms with Gasteiger partial charge in [-0.2, -0.15) is 5.10 Å². The van der Waals surface area contributed by atoms with Crippen LogP contribution >= 0.6 is 11.3 Å². The van der Waals surface area contributed by atoms with Crippen LogP contribution in [-0.4, -0.2) is 9.78 Å². The molecular formula is C10H12FN3S. The molecule has 0 amide bonds. The van der Waals surface area contributed by atoms with Gasteiger partial charge in [-0.05, 0) is 25.5 Å². The van der Waals surface area contributed by atoms with Gasteiger partial charge in [0.2, 0.25) is 0 Å². The first-order chi connectivity index (χ1) is 7.00. The molecule has 0 atom stereocenters. The van der Waals surface area contributed by atoms with Crippen LogP contribution in [0, 0.1) is 19.7 Å². The van der Waals surface area contributed by atoms with Crippen molar-refractivity contribution in [2.45, 2.75) is 13.8 Å². The lowest BCUT2D eigenvalue weighted by Crippen LogP contribution is -1.97. The zero-order valence-electron chi connectivity index (χ0n) is 8.84. The third-order valence-corrected chi connectivity index (χ3v) is 3.59. The second-order valence-electron chi connectivity index (χ2n) is 3.52. The SMILES string of the molecule is Cc1cc(-c2nn(C)c(N)c2F)sc1C. The maximum atomic E-state index is 13.6. The zero-order valence-corrected chi connectivity index (χ0v) is 9.65. The maximum Gasteiger partial charge on any atom is 0.193 e. The van der Waals surface area contributed by atoms with Crippen LogP contribution in [0.4, 0.5) is 10.2 Å². The van der Waals surface area contributed by atoms with Gasteiger partial charge in [0.15, 0.2) is 11.6 Å². The molecule has 0 saturated heterocycles. The van der Waals surface area contributed by atoms with Gasteiger partial charge in [-0.15, -0.1) is 11.3 Å². The fraction of sp³-hybridized carbons (Fsp3) is 0.300. The quantitative estimate of drug-likeness (QED) is 0.810. The van der Waals surface area contributed by atoms with Gasteiger partial charge in [-0.25, -0.2) is 9.07 Å². The highest BCUT2D eigenvalue weighted by atomic mass is 32.1. The number of nitrogens with zero attached hydrogens (tertiary/aromatic N) is 2. The van der Waals surface area contributed by atoms with E-state index in [9.17, 15) is 4.39 Å². The van der Waals surface area contributed by atoms with Gasteiger partial charge in [-0.1, -0.05) is 0 Å². The molecule has 0 aliphatic rings. The highest BCUT2D eigenvalue weighted by Crippen LogP contribution is 2.32. The van der Waals surface area contributed by atoms with E-state index < -0.39 is 5.82 Å². The average molecular weight is 225 g/mol. The van der Waals surface area contributed by atoms with Gasteiger partial charge in [0.25, 0.3) is 0 Å². The minimum Gasteiger partial charge on any atom is -0.381 e. The number of thiophene rings is 1. The van der Waals surface area contributed by atoms with E-state index in [0.717, 1.165) is 10.4 Å². The number of anilines is 1. The molecule has 0 aliphatic carbocycles. The van der Waals surface area contributed by atoms with Crippen LogP contribution in [0.5, 0.6) is 0 Å². The monoisotopic (exact) mass is 225 g/mol. The standard InChI is InChI=1S/C10H12FN3S/c1-5-4-7(15-6(5)2)9-8(11)10(12)14(3)13-9/h4H,12H2,1-3H3. The number of nitrogen functional groups attached to an aromatic ring is 1. The van der Waals surface area contributed by atoms with Crippen molar-refractivity contribution in [3.63, 3.8) is 0 Å². The summed E-state index contributed by atoms with van der Waals surface area (Å²) in [5.74, 6) is -0.354. The van der Waals surface area contributed by atoms with Crippen molar-refractivity contribution < 1.29 is 4.39 Å². The van der Waals surface area contributed by atoms with Crippen molar-refractivity contribution in [3.8, 4) is 10.6 Å². The van der Waals surface area contributed by atoms with Crippen molar-refractivity contribution in [2.75, 3.05) is 5.73 Å². The summed E-state index contributed by atoms with van der Waals surface area (Å²) in [6, 6.07) is 1.94. The Morgan fingerprint density at radius 1 is 1.47 bits per heavy atom. The lowest BCUT2D eigenvalue weighted by Gasteiger charge is -1.88. The molecule has 2 aromatic heterocycles. The Bertz CT molecular complexity index is 493. The second kappa shape index (κ2) is 3.34. The fourth-order valence-corrected chi connectivity index (χ4v) is 2.37. The first-order valence-electron chi connectivity index (χ1n) is 4.56. The van der Waals surface area contributed by atoms with Gasteiger partial charge >= 0.3 is 0 Å². The Hall–Kier alpha value is -1.36. The highest BCUT2D eigenvalue weighted by molar-refractivity contribution is 7.15. The molecule has 2 N–H and O–H groups in total. The molecule has 0 aliphatic heterocycles. The lowest BCUT2D eigenvalue weighted by molar-refractivity contribution is 0.634. The van der Waals surface area contributed by atoms with Crippen LogP contribution in [-0.2, 0) is 7.05 Å². The summed E-state index contributed by atoms with van der Waals surface area (Å²) in [5.41, 5.74) is 7.01. The number of hydrogen-bond donors (Lipinski definition) is 1. The molecule has 15 heavy (non-hydrogen) atoms. The maximum absolute atomic E-state index is 13.6. The molecule has 0 saturated carbocycles. The molecule has 80 valence electrons. The topological polar surface area (TPSA) is 43.8 Å². The smallest absolute Gasteiger partial charge is 0.193 e. The molecular weight excluding hydrogens is 213 g/mol. The summed E-state index contributed by atoms with van der Waals surface area (Å²) >= 11 is 1.53. The van der Waals surface area contributed by atoms with Gasteiger partial charge in [0, 0.05) is 11.9 Å². The largest absolute Gasteiger partial charge is 0.381 e. The molecule has 2 rings (SSSR count). The van der Waals surface area contributed by atoms with Crippen LogP contribution in [0.25, 0.3) is 10.6 Å². The van der Waals surface area contributed by atoms with Crippen molar-refractivity contribution >= 4 is 17.2 Å². The predicted octanol–water partition coefficient (Wildman–Crippen LogP) is 2.49. The number of halogens is 1. The minimum atomic E-state index is -0.432. The van der Waals surface area contributed by atoms with Gasteiger partial charge < -0.3 is 5.73 Å². The van der Waals surface area contributed by atoms with E-state index in [1.165, 1.54) is 20.9 Å². The Balaban J connectivity index is 2.59. The van der Waals surface area contributed by atoms with Gasteiger partial charge in [0.05, 0.1) is 4.88 Å². The summed E-state index contributed by atoms with van der Waals surface area (Å²) in [6.45, 7) is 4.01. The molecule has 2 heterocycles. The summed E-state index contributed by atoms with van der Waals surface area (Å²) in [6.07, 6.45) is 0. The predicted molar refractivity (Wildman–Crippen MR) is 60.4 cm³/mol. The lowest BCUT2D eigenvalue weighted by atomic mass is 10.2. The summed E-state index contributed by atoms with van der Waals surface area (Å²) in [4.78, 5) is 2.00. The summed E-state index contributed by atoms with van der Waals surface area (Å²) in [7, 11) is 1.63. The van der Waals surface area contributed by atoms with Crippen LogP contribution in [0.3, 0.4) is 0 Å². The van der Waals surface area contributed by atoms with E-state index >= 15 is 0 Å². The molecule has 5 heteroatoms. The molecule has 0 aromatic carbocycles.